The summed E-state index contributed by atoms with van der Waals surface area (Å²) >= 11 is 0. The van der Waals surface area contributed by atoms with Gasteiger partial charge in [-0.1, -0.05) is 0 Å². The first-order valence-corrected chi connectivity index (χ1v) is 6.07. The van der Waals surface area contributed by atoms with E-state index in [1.807, 2.05) is 19.9 Å². The minimum absolute atomic E-state index is 0.0931. The Hall–Kier alpha value is -1.22. The van der Waals surface area contributed by atoms with E-state index < -0.39 is 0 Å². The largest absolute Gasteiger partial charge is 0.504 e. The molecule has 1 aliphatic carbocycles. The fourth-order valence-corrected chi connectivity index (χ4v) is 2.65. The lowest BCUT2D eigenvalue weighted by Gasteiger charge is -2.24. The van der Waals surface area contributed by atoms with Gasteiger partial charge in [0.2, 0.25) is 0 Å². The molecule has 94 valence electrons. The maximum absolute atomic E-state index is 9.97. The molecule has 0 heterocycles. The topological polar surface area (TPSA) is 55.5 Å². The summed E-state index contributed by atoms with van der Waals surface area (Å²) in [5.74, 6) is 0.796. The Morgan fingerprint density at radius 2 is 1.94 bits per heavy atom. The highest BCUT2D eigenvalue weighted by Gasteiger charge is 2.48. The molecule has 0 amide bonds. The molecule has 0 aliphatic heterocycles. The Morgan fingerprint density at radius 1 is 1.35 bits per heavy atom. The van der Waals surface area contributed by atoms with Crippen LogP contribution in [0.4, 0.5) is 0 Å². The van der Waals surface area contributed by atoms with Crippen LogP contribution < -0.4 is 10.5 Å². The number of nitrogens with two attached hydrogens (primary N) is 1. The van der Waals surface area contributed by atoms with Gasteiger partial charge in [-0.25, -0.2) is 0 Å². The molecule has 1 atom stereocenters. The summed E-state index contributed by atoms with van der Waals surface area (Å²) < 4.78 is 5.23. The van der Waals surface area contributed by atoms with Gasteiger partial charge < -0.3 is 15.6 Å². The van der Waals surface area contributed by atoms with Crippen LogP contribution in [0, 0.1) is 13.8 Å². The van der Waals surface area contributed by atoms with Crippen LogP contribution in [0.1, 0.15) is 36.5 Å². The SMILES string of the molecule is COc1cc(C2(C(C)N)CC2)c(C)c(C)c1O. The molecule has 0 saturated heterocycles. The second-order valence-corrected chi connectivity index (χ2v) is 5.17. The Bertz CT molecular complexity index is 448. The van der Waals surface area contributed by atoms with Crippen molar-refractivity contribution >= 4 is 0 Å². The number of methoxy groups -OCH3 is 1. The van der Waals surface area contributed by atoms with Crippen molar-refractivity contribution in [1.82, 2.24) is 0 Å². The van der Waals surface area contributed by atoms with Crippen molar-refractivity contribution in [3.63, 3.8) is 0 Å². The number of rotatable bonds is 3. The van der Waals surface area contributed by atoms with Gasteiger partial charge in [0.1, 0.15) is 0 Å². The molecule has 0 aromatic heterocycles. The molecule has 17 heavy (non-hydrogen) atoms. The normalized spacial score (nSPS) is 18.9. The minimum Gasteiger partial charge on any atom is -0.504 e. The number of hydrogen-bond acceptors (Lipinski definition) is 3. The molecule has 3 N–H and O–H groups in total. The summed E-state index contributed by atoms with van der Waals surface area (Å²) in [7, 11) is 1.58. The van der Waals surface area contributed by atoms with Crippen LogP contribution in [0.15, 0.2) is 6.07 Å². The number of benzene rings is 1. The van der Waals surface area contributed by atoms with Crippen LogP contribution in [0.5, 0.6) is 11.5 Å². The van der Waals surface area contributed by atoms with Crippen molar-refractivity contribution < 1.29 is 9.84 Å². The highest BCUT2D eigenvalue weighted by atomic mass is 16.5. The molecule has 1 unspecified atom stereocenters. The zero-order chi connectivity index (χ0) is 12.8. The maximum atomic E-state index is 9.97. The van der Waals surface area contributed by atoms with E-state index in [0.717, 1.165) is 24.0 Å². The molecule has 3 heteroatoms. The number of hydrogen-bond donors (Lipinski definition) is 2. The van der Waals surface area contributed by atoms with Gasteiger partial charge in [0.05, 0.1) is 7.11 Å². The molecule has 0 spiro atoms. The van der Waals surface area contributed by atoms with Crippen LogP contribution in [0.25, 0.3) is 0 Å². The molecule has 3 nitrogen and oxygen atoms in total. The van der Waals surface area contributed by atoms with Crippen molar-refractivity contribution in [3.05, 3.63) is 22.8 Å². The molecule has 1 saturated carbocycles. The smallest absolute Gasteiger partial charge is 0.161 e. The maximum Gasteiger partial charge on any atom is 0.161 e. The van der Waals surface area contributed by atoms with Crippen molar-refractivity contribution in [2.75, 3.05) is 7.11 Å². The fourth-order valence-electron chi connectivity index (χ4n) is 2.65. The zero-order valence-electron chi connectivity index (χ0n) is 11.0. The van der Waals surface area contributed by atoms with Gasteiger partial charge in [-0.2, -0.15) is 0 Å². The first kappa shape index (κ1) is 12.2. The molecular weight excluding hydrogens is 214 g/mol. The predicted octanol–water partition coefficient (Wildman–Crippen LogP) is 2.40. The summed E-state index contributed by atoms with van der Waals surface area (Å²) in [6.07, 6.45) is 2.25. The fraction of sp³-hybridized carbons (Fsp3) is 0.571. The Kier molecular flexibility index (Phi) is 2.82. The summed E-state index contributed by atoms with van der Waals surface area (Å²) in [5, 5.41) is 9.97. The Balaban J connectivity index is 2.59. The van der Waals surface area contributed by atoms with Crippen molar-refractivity contribution in [1.29, 1.82) is 0 Å². The first-order valence-electron chi connectivity index (χ1n) is 6.07. The summed E-state index contributed by atoms with van der Waals surface area (Å²) in [4.78, 5) is 0. The molecule has 0 radical (unpaired) electrons. The summed E-state index contributed by atoms with van der Waals surface area (Å²) in [6.45, 7) is 6.03. The Labute approximate surface area is 103 Å². The van der Waals surface area contributed by atoms with E-state index in [0.29, 0.717) is 5.75 Å². The number of phenolic OH excluding ortho intramolecular Hbond substituents is 1. The number of aromatic hydroxyl groups is 1. The molecule has 0 bridgehead atoms. The average Bonchev–Trinajstić information content (AvgIpc) is 3.08. The van der Waals surface area contributed by atoms with Crippen LogP contribution >= 0.6 is 0 Å². The van der Waals surface area contributed by atoms with E-state index in [1.165, 1.54) is 5.56 Å². The average molecular weight is 235 g/mol. The molecule has 2 rings (SSSR count). The lowest BCUT2D eigenvalue weighted by Crippen LogP contribution is -2.32. The van der Waals surface area contributed by atoms with E-state index in [9.17, 15) is 5.11 Å². The van der Waals surface area contributed by atoms with Crippen molar-refractivity contribution in [2.24, 2.45) is 5.73 Å². The molecule has 1 fully saturated rings. The predicted molar refractivity (Wildman–Crippen MR) is 68.7 cm³/mol. The quantitative estimate of drug-likeness (QED) is 0.845. The second-order valence-electron chi connectivity index (χ2n) is 5.17. The number of ether oxygens (including phenoxy) is 1. The van der Waals surface area contributed by atoms with Crippen LogP contribution in [0.2, 0.25) is 0 Å². The molecule has 1 aromatic rings. The van der Waals surface area contributed by atoms with Gasteiger partial charge in [-0.3, -0.25) is 0 Å². The third-order valence-corrected chi connectivity index (χ3v) is 4.25. The van der Waals surface area contributed by atoms with Crippen LogP contribution in [0.3, 0.4) is 0 Å². The third-order valence-electron chi connectivity index (χ3n) is 4.25. The number of phenols is 1. The second kappa shape index (κ2) is 3.91. The van der Waals surface area contributed by atoms with Gasteiger partial charge in [0.15, 0.2) is 11.5 Å². The van der Waals surface area contributed by atoms with E-state index in [2.05, 4.69) is 6.92 Å². The van der Waals surface area contributed by atoms with E-state index in [1.54, 1.807) is 7.11 Å². The van der Waals surface area contributed by atoms with E-state index >= 15 is 0 Å². The molecular formula is C14H21NO2. The minimum atomic E-state index is 0.0931. The molecule has 1 aliphatic rings. The third kappa shape index (κ3) is 1.69. The Morgan fingerprint density at radius 3 is 2.35 bits per heavy atom. The zero-order valence-corrected chi connectivity index (χ0v) is 11.0. The van der Waals surface area contributed by atoms with Crippen LogP contribution in [-0.4, -0.2) is 18.3 Å². The highest BCUT2D eigenvalue weighted by molar-refractivity contribution is 5.56. The van der Waals surface area contributed by atoms with Gasteiger partial charge in [-0.05, 0) is 56.4 Å². The standard InChI is InChI=1S/C14H21NO2/c1-8-9(2)13(16)12(17-4)7-11(8)14(5-6-14)10(3)15/h7,10,16H,5-6,15H2,1-4H3. The van der Waals surface area contributed by atoms with Crippen molar-refractivity contribution in [2.45, 2.75) is 45.1 Å². The van der Waals surface area contributed by atoms with E-state index in [4.69, 9.17) is 10.5 Å². The van der Waals surface area contributed by atoms with E-state index in [-0.39, 0.29) is 17.2 Å². The van der Waals surface area contributed by atoms with Gasteiger partial charge in [-0.15, -0.1) is 0 Å². The monoisotopic (exact) mass is 235 g/mol. The lowest BCUT2D eigenvalue weighted by atomic mass is 9.84. The van der Waals surface area contributed by atoms with Gasteiger partial charge in [0, 0.05) is 11.5 Å². The summed E-state index contributed by atoms with van der Waals surface area (Å²) in [6, 6.07) is 2.09. The highest BCUT2D eigenvalue weighted by Crippen LogP contribution is 2.53. The van der Waals surface area contributed by atoms with Crippen LogP contribution in [-0.2, 0) is 5.41 Å². The van der Waals surface area contributed by atoms with Gasteiger partial charge >= 0.3 is 0 Å². The summed E-state index contributed by atoms with van der Waals surface area (Å²) in [5.41, 5.74) is 9.47. The molecule has 1 aromatic carbocycles. The lowest BCUT2D eigenvalue weighted by molar-refractivity contribution is 0.369. The van der Waals surface area contributed by atoms with Crippen molar-refractivity contribution in [3.8, 4) is 11.5 Å². The van der Waals surface area contributed by atoms with Gasteiger partial charge in [0.25, 0.3) is 0 Å². The first-order chi connectivity index (χ1) is 7.94.